The molecule has 4 nitrogen and oxygen atoms in total. The maximum Gasteiger partial charge on any atom is 0.435 e. The van der Waals surface area contributed by atoms with Gasteiger partial charge in [-0.25, -0.2) is 4.98 Å². The minimum absolute atomic E-state index is 0.297. The van der Waals surface area contributed by atoms with Gasteiger partial charge in [0.05, 0.1) is 11.6 Å². The molecule has 0 amide bonds. The summed E-state index contributed by atoms with van der Waals surface area (Å²) in [6.45, 7) is 0.902. The predicted octanol–water partition coefficient (Wildman–Crippen LogP) is 4.16. The molecule has 2 aromatic rings. The molecule has 25 heavy (non-hydrogen) atoms. The van der Waals surface area contributed by atoms with Gasteiger partial charge in [-0.05, 0) is 31.0 Å². The van der Waals surface area contributed by atoms with Crippen molar-refractivity contribution in [1.29, 1.82) is 0 Å². The molecule has 1 atom stereocenters. The van der Waals surface area contributed by atoms with E-state index in [1.807, 2.05) is 0 Å². The van der Waals surface area contributed by atoms with E-state index in [4.69, 9.17) is 0 Å². The van der Waals surface area contributed by atoms with Crippen molar-refractivity contribution in [3.05, 3.63) is 41.9 Å². The van der Waals surface area contributed by atoms with Gasteiger partial charge in [-0.15, -0.1) is 0 Å². The number of aromatic nitrogens is 3. The van der Waals surface area contributed by atoms with Gasteiger partial charge in [-0.3, -0.25) is 4.68 Å². The van der Waals surface area contributed by atoms with Crippen molar-refractivity contribution in [1.82, 2.24) is 14.8 Å². The van der Waals surface area contributed by atoms with Gasteiger partial charge in [0, 0.05) is 25.5 Å². The van der Waals surface area contributed by atoms with Gasteiger partial charge in [0.15, 0.2) is 5.69 Å². The van der Waals surface area contributed by atoms with E-state index in [1.54, 1.807) is 4.90 Å². The van der Waals surface area contributed by atoms with Gasteiger partial charge in [0.1, 0.15) is 5.82 Å². The van der Waals surface area contributed by atoms with Crippen LogP contribution in [0.4, 0.5) is 32.2 Å². The van der Waals surface area contributed by atoms with Crippen LogP contribution in [0.3, 0.4) is 0 Å². The Labute approximate surface area is 139 Å². The summed E-state index contributed by atoms with van der Waals surface area (Å²) < 4.78 is 77.0. The molecule has 0 N–H and O–H groups in total. The van der Waals surface area contributed by atoms with Crippen molar-refractivity contribution >= 4 is 5.82 Å². The summed E-state index contributed by atoms with van der Waals surface area (Å²) in [5.74, 6) is 0.362. The lowest BCUT2D eigenvalue weighted by Crippen LogP contribution is -2.37. The number of rotatable bonds is 2. The van der Waals surface area contributed by atoms with Gasteiger partial charge >= 0.3 is 12.4 Å². The minimum Gasteiger partial charge on any atom is -0.354 e. The molecule has 1 aliphatic rings. The zero-order valence-electron chi connectivity index (χ0n) is 12.8. The molecule has 3 heterocycles. The van der Waals surface area contributed by atoms with Crippen molar-refractivity contribution in [2.45, 2.75) is 31.2 Å². The number of halogens is 6. The van der Waals surface area contributed by atoms with E-state index < -0.39 is 23.6 Å². The van der Waals surface area contributed by atoms with Crippen LogP contribution in [-0.2, 0) is 12.4 Å². The van der Waals surface area contributed by atoms with Crippen molar-refractivity contribution in [2.75, 3.05) is 18.0 Å². The highest BCUT2D eigenvalue weighted by atomic mass is 19.4. The maximum atomic E-state index is 12.7. The molecule has 1 saturated heterocycles. The molecule has 1 fully saturated rings. The van der Waals surface area contributed by atoms with Gasteiger partial charge < -0.3 is 4.90 Å². The minimum atomic E-state index is -4.51. The summed E-state index contributed by atoms with van der Waals surface area (Å²) in [5.41, 5.74) is -1.80. The average Bonchev–Trinajstić information content (AvgIpc) is 3.05. The van der Waals surface area contributed by atoms with Crippen LogP contribution in [0.1, 0.15) is 30.1 Å². The summed E-state index contributed by atoms with van der Waals surface area (Å²) in [7, 11) is 0. The SMILES string of the molecule is FC(F)(F)c1ccc(N2CCCC(n3ccc(C(F)(F)F)n3)C2)nc1. The fourth-order valence-electron chi connectivity index (χ4n) is 2.81. The monoisotopic (exact) mass is 364 g/mol. The van der Waals surface area contributed by atoms with Gasteiger partial charge in [0.25, 0.3) is 0 Å². The molecule has 0 aliphatic carbocycles. The molecule has 3 rings (SSSR count). The largest absolute Gasteiger partial charge is 0.435 e. The van der Waals surface area contributed by atoms with Crippen LogP contribution >= 0.6 is 0 Å². The molecule has 136 valence electrons. The topological polar surface area (TPSA) is 34.0 Å². The first-order valence-electron chi connectivity index (χ1n) is 7.55. The first kappa shape index (κ1) is 17.6. The Morgan fingerprint density at radius 1 is 1.00 bits per heavy atom. The smallest absolute Gasteiger partial charge is 0.354 e. The summed E-state index contributed by atoms with van der Waals surface area (Å²) in [5, 5.41) is 3.58. The van der Waals surface area contributed by atoms with Crippen LogP contribution < -0.4 is 4.90 Å². The Hall–Kier alpha value is -2.26. The lowest BCUT2D eigenvalue weighted by Gasteiger charge is -2.33. The molecule has 0 radical (unpaired) electrons. The van der Waals surface area contributed by atoms with Crippen LogP contribution in [-0.4, -0.2) is 27.9 Å². The average molecular weight is 364 g/mol. The zero-order valence-corrected chi connectivity index (χ0v) is 12.8. The highest BCUT2D eigenvalue weighted by Gasteiger charge is 2.35. The molecule has 0 bridgehead atoms. The second kappa shape index (κ2) is 6.23. The summed E-state index contributed by atoms with van der Waals surface area (Å²) >= 11 is 0. The first-order chi connectivity index (χ1) is 11.6. The zero-order chi connectivity index (χ0) is 18.2. The summed E-state index contributed by atoms with van der Waals surface area (Å²) in [4.78, 5) is 5.59. The van der Waals surface area contributed by atoms with E-state index in [0.717, 1.165) is 18.3 Å². The predicted molar refractivity (Wildman–Crippen MR) is 77.0 cm³/mol. The number of anilines is 1. The van der Waals surface area contributed by atoms with Gasteiger partial charge in [0.2, 0.25) is 0 Å². The van der Waals surface area contributed by atoms with E-state index in [0.29, 0.717) is 31.7 Å². The second-order valence-electron chi connectivity index (χ2n) is 5.82. The Kier molecular flexibility index (Phi) is 4.38. The van der Waals surface area contributed by atoms with Gasteiger partial charge in [-0.2, -0.15) is 31.4 Å². The number of hydrogen-bond donors (Lipinski definition) is 0. The molecule has 2 aromatic heterocycles. The number of nitrogens with zero attached hydrogens (tertiary/aromatic N) is 4. The van der Waals surface area contributed by atoms with E-state index in [9.17, 15) is 26.3 Å². The number of alkyl halides is 6. The second-order valence-corrected chi connectivity index (χ2v) is 5.82. The fraction of sp³-hybridized carbons (Fsp3) is 0.467. The Morgan fingerprint density at radius 3 is 2.32 bits per heavy atom. The quantitative estimate of drug-likeness (QED) is 0.751. The number of piperidine rings is 1. The first-order valence-corrected chi connectivity index (χ1v) is 7.55. The molecule has 0 aromatic carbocycles. The standard InChI is InChI=1S/C15H14F6N4/c16-14(17,18)10-3-4-13(22-8-10)24-6-1-2-11(9-24)25-7-5-12(23-25)15(19,20)21/h3-5,7-8,11H,1-2,6,9H2. The van der Waals surface area contributed by atoms with Crippen LogP contribution in [0.5, 0.6) is 0 Å². The number of pyridine rings is 1. The Balaban J connectivity index is 1.74. The number of hydrogen-bond acceptors (Lipinski definition) is 3. The van der Waals surface area contributed by atoms with Crippen molar-refractivity contribution in [2.24, 2.45) is 0 Å². The third-order valence-corrected chi connectivity index (χ3v) is 4.07. The van der Waals surface area contributed by atoms with E-state index in [-0.39, 0.29) is 6.04 Å². The van der Waals surface area contributed by atoms with Crippen molar-refractivity contribution in [3.8, 4) is 0 Å². The third-order valence-electron chi connectivity index (χ3n) is 4.07. The van der Waals surface area contributed by atoms with Crippen molar-refractivity contribution < 1.29 is 26.3 Å². The normalized spacial score (nSPS) is 19.3. The lowest BCUT2D eigenvalue weighted by atomic mass is 10.1. The van der Waals surface area contributed by atoms with E-state index in [2.05, 4.69) is 10.1 Å². The highest BCUT2D eigenvalue weighted by molar-refractivity contribution is 5.40. The molecular formula is C15H14F6N4. The van der Waals surface area contributed by atoms with Crippen LogP contribution in [0.15, 0.2) is 30.6 Å². The Morgan fingerprint density at radius 2 is 1.76 bits per heavy atom. The third kappa shape index (κ3) is 3.88. The molecule has 1 aliphatic heterocycles. The van der Waals surface area contributed by atoms with Crippen LogP contribution in [0, 0.1) is 0 Å². The van der Waals surface area contributed by atoms with Gasteiger partial charge in [-0.1, -0.05) is 0 Å². The van der Waals surface area contributed by atoms with E-state index in [1.165, 1.54) is 16.9 Å². The highest BCUT2D eigenvalue weighted by Crippen LogP contribution is 2.32. The summed E-state index contributed by atoms with van der Waals surface area (Å²) in [6.07, 6.45) is -5.62. The van der Waals surface area contributed by atoms with Crippen LogP contribution in [0.2, 0.25) is 0 Å². The van der Waals surface area contributed by atoms with E-state index >= 15 is 0 Å². The molecular weight excluding hydrogens is 350 g/mol. The maximum absolute atomic E-state index is 12.7. The molecule has 1 unspecified atom stereocenters. The van der Waals surface area contributed by atoms with Crippen molar-refractivity contribution in [3.63, 3.8) is 0 Å². The molecule has 10 heteroatoms. The van der Waals surface area contributed by atoms with Crippen LogP contribution in [0.25, 0.3) is 0 Å². The summed E-state index contributed by atoms with van der Waals surface area (Å²) in [6, 6.07) is 2.83. The molecule has 0 spiro atoms. The Bertz CT molecular complexity index is 719. The fourth-order valence-corrected chi connectivity index (χ4v) is 2.81. The lowest BCUT2D eigenvalue weighted by molar-refractivity contribution is -0.141. The molecule has 0 saturated carbocycles.